The molecule has 0 spiro atoms. The van der Waals surface area contributed by atoms with Crippen LogP contribution in [0.5, 0.6) is 0 Å². The van der Waals surface area contributed by atoms with Gasteiger partial charge in [0.1, 0.15) is 5.69 Å². The van der Waals surface area contributed by atoms with Gasteiger partial charge in [-0.2, -0.15) is 0 Å². The lowest BCUT2D eigenvalue weighted by molar-refractivity contribution is 0.792. The van der Waals surface area contributed by atoms with E-state index in [1.165, 1.54) is 5.56 Å². The van der Waals surface area contributed by atoms with Crippen molar-refractivity contribution < 1.29 is 0 Å². The summed E-state index contributed by atoms with van der Waals surface area (Å²) in [5.41, 5.74) is 10.8. The fourth-order valence-corrected chi connectivity index (χ4v) is 2.32. The predicted molar refractivity (Wildman–Crippen MR) is 89.4 cm³/mol. The van der Waals surface area contributed by atoms with Gasteiger partial charge in [0.25, 0.3) is 0 Å². The van der Waals surface area contributed by atoms with Crippen LogP contribution in [0.1, 0.15) is 22.5 Å². The van der Waals surface area contributed by atoms with Crippen LogP contribution < -0.4 is 5.73 Å². The Morgan fingerprint density at radius 1 is 1.05 bits per heavy atom. The first-order valence-electron chi connectivity index (χ1n) is 7.23. The van der Waals surface area contributed by atoms with Gasteiger partial charge in [0, 0.05) is 6.54 Å². The van der Waals surface area contributed by atoms with Crippen LogP contribution in [0, 0.1) is 6.92 Å². The highest BCUT2D eigenvalue weighted by molar-refractivity contribution is 5.69. The van der Waals surface area contributed by atoms with Gasteiger partial charge in [0.15, 0.2) is 0 Å². The molecule has 3 aromatic rings. The minimum atomic E-state index is 0.361. The van der Waals surface area contributed by atoms with Crippen LogP contribution in [0.15, 0.2) is 54.6 Å². The van der Waals surface area contributed by atoms with Crippen LogP contribution in [0.2, 0.25) is 0 Å². The van der Waals surface area contributed by atoms with Crippen molar-refractivity contribution in [1.82, 2.24) is 15.0 Å². The highest BCUT2D eigenvalue weighted by atomic mass is 15.4. The third-order valence-electron chi connectivity index (χ3n) is 3.45. The molecule has 0 bridgehead atoms. The van der Waals surface area contributed by atoms with Gasteiger partial charge in [-0.1, -0.05) is 53.8 Å². The van der Waals surface area contributed by atoms with E-state index in [4.69, 9.17) is 5.73 Å². The molecule has 3 rings (SSSR count). The first-order chi connectivity index (χ1) is 10.8. The van der Waals surface area contributed by atoms with Gasteiger partial charge in [0.05, 0.1) is 11.4 Å². The van der Waals surface area contributed by atoms with Crippen molar-refractivity contribution in [3.63, 3.8) is 0 Å². The number of nitrogens with zero attached hydrogens (tertiary/aromatic N) is 3. The molecule has 0 saturated heterocycles. The SMILES string of the molecule is Cc1cccc(-n2nnc(CN)c2/C=C/c2ccccc2)c1. The Hall–Kier alpha value is -2.72. The van der Waals surface area contributed by atoms with E-state index in [-0.39, 0.29) is 0 Å². The van der Waals surface area contributed by atoms with E-state index in [2.05, 4.69) is 41.5 Å². The molecule has 2 aromatic carbocycles. The third-order valence-corrected chi connectivity index (χ3v) is 3.45. The van der Waals surface area contributed by atoms with Crippen molar-refractivity contribution in [2.24, 2.45) is 5.73 Å². The van der Waals surface area contributed by atoms with Crippen LogP contribution in [0.3, 0.4) is 0 Å². The lowest BCUT2D eigenvalue weighted by Crippen LogP contribution is -2.02. The van der Waals surface area contributed by atoms with E-state index in [0.717, 1.165) is 22.6 Å². The molecule has 0 aliphatic carbocycles. The number of benzene rings is 2. The molecule has 0 unspecified atom stereocenters. The first-order valence-corrected chi connectivity index (χ1v) is 7.23. The molecule has 0 saturated carbocycles. The van der Waals surface area contributed by atoms with Crippen LogP contribution in [-0.4, -0.2) is 15.0 Å². The summed E-state index contributed by atoms with van der Waals surface area (Å²) in [5.74, 6) is 0. The molecule has 1 heterocycles. The molecule has 0 aliphatic rings. The Balaban J connectivity index is 2.03. The van der Waals surface area contributed by atoms with Gasteiger partial charge in [-0.15, -0.1) is 5.10 Å². The summed E-state index contributed by atoms with van der Waals surface area (Å²) < 4.78 is 1.83. The van der Waals surface area contributed by atoms with Crippen molar-refractivity contribution >= 4 is 12.2 Å². The van der Waals surface area contributed by atoms with Crippen LogP contribution >= 0.6 is 0 Å². The summed E-state index contributed by atoms with van der Waals surface area (Å²) in [4.78, 5) is 0. The molecule has 0 fully saturated rings. The summed E-state index contributed by atoms with van der Waals surface area (Å²) in [7, 11) is 0. The topological polar surface area (TPSA) is 56.7 Å². The Morgan fingerprint density at radius 2 is 1.86 bits per heavy atom. The average Bonchev–Trinajstić information content (AvgIpc) is 2.97. The number of hydrogen-bond donors (Lipinski definition) is 1. The van der Waals surface area contributed by atoms with E-state index in [1.807, 2.05) is 47.2 Å². The van der Waals surface area contributed by atoms with E-state index in [1.54, 1.807) is 0 Å². The normalized spacial score (nSPS) is 11.2. The van der Waals surface area contributed by atoms with Gasteiger partial charge < -0.3 is 5.73 Å². The van der Waals surface area contributed by atoms with Crippen LogP contribution in [-0.2, 0) is 6.54 Å². The van der Waals surface area contributed by atoms with Gasteiger partial charge in [-0.05, 0) is 36.3 Å². The molecule has 1 aromatic heterocycles. The van der Waals surface area contributed by atoms with Gasteiger partial charge in [0.2, 0.25) is 0 Å². The minimum Gasteiger partial charge on any atom is -0.325 e. The maximum atomic E-state index is 5.79. The van der Waals surface area contributed by atoms with Crippen molar-refractivity contribution in [2.75, 3.05) is 0 Å². The molecular weight excluding hydrogens is 272 g/mol. The van der Waals surface area contributed by atoms with Crippen molar-refractivity contribution in [1.29, 1.82) is 0 Å². The summed E-state index contributed by atoms with van der Waals surface area (Å²) in [6, 6.07) is 18.3. The molecule has 4 heteroatoms. The number of aryl methyl sites for hydroxylation is 1. The second kappa shape index (κ2) is 6.37. The summed E-state index contributed by atoms with van der Waals surface area (Å²) in [6.07, 6.45) is 4.06. The zero-order valence-corrected chi connectivity index (χ0v) is 12.5. The van der Waals surface area contributed by atoms with Crippen molar-refractivity contribution in [3.8, 4) is 5.69 Å². The Morgan fingerprint density at radius 3 is 2.59 bits per heavy atom. The smallest absolute Gasteiger partial charge is 0.104 e. The lowest BCUT2D eigenvalue weighted by atomic mass is 10.1. The molecule has 0 atom stereocenters. The zero-order valence-electron chi connectivity index (χ0n) is 12.5. The fraction of sp³-hybridized carbons (Fsp3) is 0.111. The molecular formula is C18H18N4. The maximum absolute atomic E-state index is 5.79. The molecule has 0 radical (unpaired) electrons. The van der Waals surface area contributed by atoms with Crippen LogP contribution in [0.4, 0.5) is 0 Å². The van der Waals surface area contributed by atoms with Crippen molar-refractivity contribution in [2.45, 2.75) is 13.5 Å². The molecule has 110 valence electrons. The number of hydrogen-bond acceptors (Lipinski definition) is 3. The third kappa shape index (κ3) is 2.97. The fourth-order valence-electron chi connectivity index (χ4n) is 2.32. The Bertz CT molecular complexity index is 788. The number of rotatable bonds is 4. The zero-order chi connectivity index (χ0) is 15.4. The standard InChI is InChI=1S/C18H18N4/c1-14-6-5-9-16(12-14)22-18(17(13-19)20-21-22)11-10-15-7-3-2-4-8-15/h2-12H,13,19H2,1H3/b11-10+. The van der Waals surface area contributed by atoms with Gasteiger partial charge in [-0.3, -0.25) is 0 Å². The largest absolute Gasteiger partial charge is 0.325 e. The monoisotopic (exact) mass is 290 g/mol. The highest BCUT2D eigenvalue weighted by Gasteiger charge is 2.10. The van der Waals surface area contributed by atoms with E-state index in [9.17, 15) is 0 Å². The second-order valence-corrected chi connectivity index (χ2v) is 5.12. The molecule has 0 aliphatic heterocycles. The average molecular weight is 290 g/mol. The maximum Gasteiger partial charge on any atom is 0.104 e. The van der Waals surface area contributed by atoms with E-state index >= 15 is 0 Å². The molecule has 22 heavy (non-hydrogen) atoms. The van der Waals surface area contributed by atoms with Gasteiger partial charge in [-0.25, -0.2) is 4.68 Å². The summed E-state index contributed by atoms with van der Waals surface area (Å²) >= 11 is 0. The number of aromatic nitrogens is 3. The summed E-state index contributed by atoms with van der Waals surface area (Å²) in [5, 5.41) is 8.44. The van der Waals surface area contributed by atoms with Crippen LogP contribution in [0.25, 0.3) is 17.8 Å². The lowest BCUT2D eigenvalue weighted by Gasteiger charge is -2.05. The highest BCUT2D eigenvalue weighted by Crippen LogP contribution is 2.17. The molecule has 2 N–H and O–H groups in total. The Kier molecular flexibility index (Phi) is 4.12. The summed E-state index contributed by atoms with van der Waals surface area (Å²) in [6.45, 7) is 2.42. The number of nitrogens with two attached hydrogens (primary N) is 1. The van der Waals surface area contributed by atoms with Gasteiger partial charge >= 0.3 is 0 Å². The van der Waals surface area contributed by atoms with Crippen molar-refractivity contribution in [3.05, 3.63) is 77.1 Å². The quantitative estimate of drug-likeness (QED) is 0.802. The van der Waals surface area contributed by atoms with E-state index in [0.29, 0.717) is 6.54 Å². The second-order valence-electron chi connectivity index (χ2n) is 5.12. The van der Waals surface area contributed by atoms with E-state index < -0.39 is 0 Å². The predicted octanol–water partition coefficient (Wildman–Crippen LogP) is 3.20. The molecule has 0 amide bonds. The Labute approximate surface area is 129 Å². The first kappa shape index (κ1) is 14.2. The molecule has 4 nitrogen and oxygen atoms in total. The minimum absolute atomic E-state index is 0.361.